The summed E-state index contributed by atoms with van der Waals surface area (Å²) in [6.45, 7) is 1.90. The van der Waals surface area contributed by atoms with Crippen LogP contribution in [-0.2, 0) is 0 Å². The first kappa shape index (κ1) is 8.57. The third-order valence-electron chi connectivity index (χ3n) is 1.22. The van der Waals surface area contributed by atoms with E-state index in [1.807, 2.05) is 25.1 Å². The third kappa shape index (κ3) is 1.52. The van der Waals surface area contributed by atoms with E-state index in [1.165, 1.54) is 0 Å². The molecule has 0 aliphatic rings. The maximum atomic E-state index is 8.34. The van der Waals surface area contributed by atoms with E-state index in [9.17, 15) is 0 Å². The second-order valence-corrected chi connectivity index (χ2v) is 1.89. The molecule has 0 aromatic heterocycles. The van der Waals surface area contributed by atoms with Crippen LogP contribution < -0.4 is 4.70 Å². The van der Waals surface area contributed by atoms with Gasteiger partial charge in [0.1, 0.15) is 0 Å². The molecule has 0 unspecified atom stereocenters. The monoisotopic (exact) mass is 138 g/mol. The molecule has 1 aromatic carbocycles. The second kappa shape index (κ2) is 3.57. The Bertz CT molecular complexity index is 252. The summed E-state index contributed by atoms with van der Waals surface area (Å²) in [7, 11) is 0. The predicted molar refractivity (Wildman–Crippen MR) is 35.9 cm³/mol. The van der Waals surface area contributed by atoms with Gasteiger partial charge in [0.05, 0.1) is 0 Å². The van der Waals surface area contributed by atoms with Crippen molar-refractivity contribution in [3.05, 3.63) is 34.8 Å². The van der Waals surface area contributed by atoms with Gasteiger partial charge in [-0.05, 0) is 6.92 Å². The van der Waals surface area contributed by atoms with E-state index in [-0.39, 0.29) is 4.70 Å². The van der Waals surface area contributed by atoms with Crippen LogP contribution in [0.15, 0.2) is 24.3 Å². The maximum Gasteiger partial charge on any atom is 0.387 e. The van der Waals surface area contributed by atoms with Gasteiger partial charge < -0.3 is 4.70 Å². The fourth-order valence-electron chi connectivity index (χ4n) is 0.676. The van der Waals surface area contributed by atoms with E-state index < -0.39 is 0 Å². The Hall–Kier alpha value is -1.43. The minimum absolute atomic E-state index is 0. The Morgan fingerprint density at radius 3 is 2.30 bits per heavy atom. The number of benzene rings is 1. The Kier molecular flexibility index (Phi) is 3.06. The Morgan fingerprint density at radius 2 is 1.90 bits per heavy atom. The van der Waals surface area contributed by atoms with E-state index in [1.54, 1.807) is 6.07 Å². The molecule has 10 heavy (non-hydrogen) atoms. The van der Waals surface area contributed by atoms with Crippen LogP contribution in [0, 0.1) is 12.3 Å². The molecule has 0 bridgehead atoms. The van der Waals surface area contributed by atoms with Gasteiger partial charge in [-0.15, -0.1) is 0 Å². The van der Waals surface area contributed by atoms with Gasteiger partial charge >= 0.3 is 5.69 Å². The lowest BCUT2D eigenvalue weighted by atomic mass is 10.2. The normalized spacial score (nSPS) is 7.60. The lowest BCUT2D eigenvalue weighted by molar-refractivity contribution is -0.00000213. The minimum atomic E-state index is 0. The van der Waals surface area contributed by atoms with Crippen molar-refractivity contribution in [2.75, 3.05) is 0 Å². The average Bonchev–Trinajstić information content (AvgIpc) is 1.89. The van der Waals surface area contributed by atoms with Crippen LogP contribution in [0.3, 0.4) is 0 Å². The highest BCUT2D eigenvalue weighted by atomic mass is 19.0. The molecule has 0 aliphatic heterocycles. The Balaban J connectivity index is 0.000000810. The minimum Gasteiger partial charge on any atom is -1.00 e. The van der Waals surface area contributed by atoms with Crippen LogP contribution in [0.2, 0.25) is 0 Å². The number of halogens is 1. The molecule has 2 nitrogen and oxygen atoms in total. The molecule has 0 spiro atoms. The summed E-state index contributed by atoms with van der Waals surface area (Å²) in [6, 6.07) is 7.40. The van der Waals surface area contributed by atoms with Gasteiger partial charge in [0, 0.05) is 11.6 Å². The lowest BCUT2D eigenvalue weighted by Gasteiger charge is -1.80. The van der Waals surface area contributed by atoms with Crippen molar-refractivity contribution < 1.29 is 4.70 Å². The highest BCUT2D eigenvalue weighted by Gasteiger charge is 2.04. The summed E-state index contributed by atoms with van der Waals surface area (Å²) in [4.78, 5) is 3.07. The molecule has 0 N–H and O–H groups in total. The van der Waals surface area contributed by atoms with Crippen LogP contribution in [0.5, 0.6) is 0 Å². The first-order valence-electron chi connectivity index (χ1n) is 2.75. The molecule has 1 rings (SSSR count). The third-order valence-corrected chi connectivity index (χ3v) is 1.22. The zero-order chi connectivity index (χ0) is 6.69. The summed E-state index contributed by atoms with van der Waals surface area (Å²) in [5.41, 5.74) is 1.62. The van der Waals surface area contributed by atoms with E-state index in [0.29, 0.717) is 5.69 Å². The molecule has 52 valence electrons. The topological polar surface area (TPSA) is 28.1 Å². The quantitative estimate of drug-likeness (QED) is 0.443. The SMILES string of the molecule is Cc1ccccc1[N+]#N.[F-]. The first-order chi connectivity index (χ1) is 4.34. The molecule has 1 aromatic rings. The van der Waals surface area contributed by atoms with Gasteiger partial charge in [0.2, 0.25) is 5.39 Å². The predicted octanol–water partition coefficient (Wildman–Crippen LogP) is -0.516. The van der Waals surface area contributed by atoms with Crippen molar-refractivity contribution in [3.63, 3.8) is 0 Å². The maximum absolute atomic E-state index is 8.34. The summed E-state index contributed by atoms with van der Waals surface area (Å²) in [5.74, 6) is 0. The molecular weight excluding hydrogens is 131 g/mol. The van der Waals surface area contributed by atoms with Gasteiger partial charge in [-0.3, -0.25) is 0 Å². The van der Waals surface area contributed by atoms with E-state index >= 15 is 0 Å². The van der Waals surface area contributed by atoms with Crippen molar-refractivity contribution in [1.82, 2.24) is 0 Å². The molecule has 0 amide bonds. The molecule has 0 heterocycles. The van der Waals surface area contributed by atoms with E-state index in [4.69, 9.17) is 5.39 Å². The van der Waals surface area contributed by atoms with Crippen molar-refractivity contribution in [2.45, 2.75) is 6.92 Å². The summed E-state index contributed by atoms with van der Waals surface area (Å²) < 4.78 is 0. The molecule has 0 fully saturated rings. The fraction of sp³-hybridized carbons (Fsp3) is 0.143. The Labute approximate surface area is 58.5 Å². The molecule has 0 radical (unpaired) electrons. The number of hydrogen-bond acceptors (Lipinski definition) is 1. The van der Waals surface area contributed by atoms with Gasteiger partial charge in [0.25, 0.3) is 0 Å². The lowest BCUT2D eigenvalue weighted by Crippen LogP contribution is -3.00. The Morgan fingerprint density at radius 1 is 1.30 bits per heavy atom. The van der Waals surface area contributed by atoms with Crippen LogP contribution in [0.25, 0.3) is 4.98 Å². The fourth-order valence-corrected chi connectivity index (χ4v) is 0.676. The molecule has 0 saturated carbocycles. The zero-order valence-corrected chi connectivity index (χ0v) is 5.58. The number of rotatable bonds is 0. The van der Waals surface area contributed by atoms with Crippen LogP contribution >= 0.6 is 0 Å². The highest BCUT2D eigenvalue weighted by Crippen LogP contribution is 2.15. The number of aryl methyl sites for hydroxylation is 1. The zero-order valence-electron chi connectivity index (χ0n) is 5.58. The van der Waals surface area contributed by atoms with E-state index in [0.717, 1.165) is 5.56 Å². The van der Waals surface area contributed by atoms with Crippen molar-refractivity contribution in [1.29, 1.82) is 5.39 Å². The highest BCUT2D eigenvalue weighted by molar-refractivity contribution is 5.50. The van der Waals surface area contributed by atoms with Crippen LogP contribution in [0.4, 0.5) is 5.69 Å². The van der Waals surface area contributed by atoms with Crippen molar-refractivity contribution >= 4 is 5.69 Å². The number of nitrogens with zero attached hydrogens (tertiary/aromatic N) is 2. The van der Waals surface area contributed by atoms with E-state index in [2.05, 4.69) is 4.98 Å². The second-order valence-electron chi connectivity index (χ2n) is 1.89. The van der Waals surface area contributed by atoms with Crippen molar-refractivity contribution in [3.8, 4) is 0 Å². The standard InChI is InChI=1S/C7H7N2.FH/c1-6-4-2-3-5-7(6)9-8;/h2-5H,1H3;1H/q+1;/p-1. The first-order valence-corrected chi connectivity index (χ1v) is 2.75. The van der Waals surface area contributed by atoms with Gasteiger partial charge in [0.15, 0.2) is 4.98 Å². The molecule has 0 saturated heterocycles. The van der Waals surface area contributed by atoms with Crippen molar-refractivity contribution in [2.24, 2.45) is 0 Å². The van der Waals surface area contributed by atoms with Gasteiger partial charge in [-0.2, -0.15) is 0 Å². The van der Waals surface area contributed by atoms with Crippen LogP contribution in [-0.4, -0.2) is 0 Å². The molecular formula is C7H7FN2. The smallest absolute Gasteiger partial charge is 0.387 e. The van der Waals surface area contributed by atoms with Gasteiger partial charge in [-0.1, -0.05) is 18.2 Å². The molecule has 0 atom stereocenters. The average molecular weight is 138 g/mol. The van der Waals surface area contributed by atoms with Crippen LogP contribution in [0.1, 0.15) is 5.56 Å². The molecule has 0 aliphatic carbocycles. The summed E-state index contributed by atoms with van der Waals surface area (Å²) >= 11 is 0. The molecule has 3 heteroatoms. The van der Waals surface area contributed by atoms with Gasteiger partial charge in [-0.25, -0.2) is 0 Å². The largest absolute Gasteiger partial charge is 1.00 e. The summed E-state index contributed by atoms with van der Waals surface area (Å²) in [5, 5.41) is 8.34. The number of diazo groups is 1. The number of hydrogen-bond donors (Lipinski definition) is 0. The summed E-state index contributed by atoms with van der Waals surface area (Å²) in [6.07, 6.45) is 0.